The highest BCUT2D eigenvalue weighted by Gasteiger charge is 2.17. The van der Waals surface area contributed by atoms with Crippen LogP contribution in [0.25, 0.3) is 0 Å². The highest BCUT2D eigenvalue weighted by atomic mass is 32.2. The Hall–Kier alpha value is -1.94. The molecule has 1 atom stereocenters. The molecule has 2 rings (SSSR count). The number of thioether (sulfide) groups is 1. The van der Waals surface area contributed by atoms with Gasteiger partial charge < -0.3 is 10.1 Å². The summed E-state index contributed by atoms with van der Waals surface area (Å²) in [6.07, 6.45) is 1.21. The van der Waals surface area contributed by atoms with E-state index in [1.165, 1.54) is 16.7 Å². The zero-order chi connectivity index (χ0) is 18.8. The number of benzene rings is 2. The van der Waals surface area contributed by atoms with Gasteiger partial charge in [0.1, 0.15) is 5.75 Å². The second-order valence-electron chi connectivity index (χ2n) is 6.34. The van der Waals surface area contributed by atoms with Crippen molar-refractivity contribution in [1.82, 2.24) is 5.32 Å². The van der Waals surface area contributed by atoms with Crippen LogP contribution in [0.1, 0.15) is 37.0 Å². The first-order valence-corrected chi connectivity index (χ1v) is 10.4. The van der Waals surface area contributed by atoms with Gasteiger partial charge in [0, 0.05) is 18.1 Å². The molecule has 0 unspecified atom stereocenters. The van der Waals surface area contributed by atoms with Crippen LogP contribution in [0, 0.1) is 6.92 Å². The number of nitrogens with one attached hydrogen (secondary N) is 1. The molecule has 0 aromatic heterocycles. The lowest BCUT2D eigenvalue weighted by atomic mass is 10.2. The van der Waals surface area contributed by atoms with Crippen LogP contribution in [0.15, 0.2) is 48.5 Å². The van der Waals surface area contributed by atoms with Crippen molar-refractivity contribution in [3.8, 4) is 5.75 Å². The van der Waals surface area contributed by atoms with Crippen molar-refractivity contribution in [1.29, 1.82) is 0 Å². The van der Waals surface area contributed by atoms with E-state index in [-0.39, 0.29) is 5.91 Å². The Morgan fingerprint density at radius 1 is 1.04 bits per heavy atom. The molecule has 140 valence electrons. The van der Waals surface area contributed by atoms with Crippen molar-refractivity contribution < 1.29 is 9.53 Å². The molecule has 0 bridgehead atoms. The van der Waals surface area contributed by atoms with Gasteiger partial charge in [-0.1, -0.05) is 55.8 Å². The highest BCUT2D eigenvalue weighted by molar-refractivity contribution is 7.98. The molecule has 0 spiro atoms. The number of carbonyl (C=O) groups excluding carboxylic acids is 1. The number of ether oxygens (including phenoxy) is 1. The standard InChI is InChI=1S/C22H29NO2S/c1-4-18-10-12-20(13-11-18)25-21(5-2)22(24)23-14-15-26-16-19-8-6-17(3)7-9-19/h6-13,21H,4-5,14-16H2,1-3H3,(H,23,24)/t21-/m1/s1. The average Bonchev–Trinajstić information content (AvgIpc) is 2.67. The van der Waals surface area contributed by atoms with Gasteiger partial charge in [0.2, 0.25) is 0 Å². The number of hydrogen-bond donors (Lipinski definition) is 1. The third-order valence-corrected chi connectivity index (χ3v) is 5.24. The van der Waals surface area contributed by atoms with Gasteiger partial charge in [-0.15, -0.1) is 0 Å². The number of rotatable bonds is 10. The molecule has 0 fully saturated rings. The Labute approximate surface area is 161 Å². The molecule has 0 aliphatic heterocycles. The molecule has 26 heavy (non-hydrogen) atoms. The lowest BCUT2D eigenvalue weighted by Crippen LogP contribution is -2.39. The van der Waals surface area contributed by atoms with E-state index in [0.29, 0.717) is 13.0 Å². The van der Waals surface area contributed by atoms with E-state index in [1.807, 2.05) is 43.0 Å². The Bertz CT molecular complexity index is 668. The van der Waals surface area contributed by atoms with Gasteiger partial charge in [-0.25, -0.2) is 0 Å². The molecule has 0 saturated carbocycles. The molecule has 0 heterocycles. The first-order valence-electron chi connectivity index (χ1n) is 9.29. The zero-order valence-corrected chi connectivity index (χ0v) is 16.8. The van der Waals surface area contributed by atoms with Gasteiger partial charge in [0.05, 0.1) is 0 Å². The Morgan fingerprint density at radius 3 is 2.31 bits per heavy atom. The van der Waals surface area contributed by atoms with Gasteiger partial charge in [0.25, 0.3) is 5.91 Å². The summed E-state index contributed by atoms with van der Waals surface area (Å²) >= 11 is 1.83. The van der Waals surface area contributed by atoms with Crippen molar-refractivity contribution in [2.75, 3.05) is 12.3 Å². The van der Waals surface area contributed by atoms with Crippen molar-refractivity contribution in [2.24, 2.45) is 0 Å². The van der Waals surface area contributed by atoms with E-state index in [2.05, 4.69) is 43.4 Å². The van der Waals surface area contributed by atoms with E-state index in [1.54, 1.807) is 0 Å². The van der Waals surface area contributed by atoms with Gasteiger partial charge in [-0.3, -0.25) is 4.79 Å². The molecule has 2 aromatic rings. The van der Waals surface area contributed by atoms with Crippen molar-refractivity contribution in [3.63, 3.8) is 0 Å². The zero-order valence-electron chi connectivity index (χ0n) is 16.0. The van der Waals surface area contributed by atoms with Crippen molar-refractivity contribution >= 4 is 17.7 Å². The molecule has 1 amide bonds. The first kappa shape index (κ1) is 20.4. The van der Waals surface area contributed by atoms with E-state index < -0.39 is 6.10 Å². The predicted octanol–water partition coefficient (Wildman–Crippen LogP) is 4.76. The molecule has 4 heteroatoms. The highest BCUT2D eigenvalue weighted by Crippen LogP contribution is 2.16. The topological polar surface area (TPSA) is 38.3 Å². The Balaban J connectivity index is 1.69. The summed E-state index contributed by atoms with van der Waals surface area (Å²) in [5.41, 5.74) is 3.86. The molecule has 3 nitrogen and oxygen atoms in total. The lowest BCUT2D eigenvalue weighted by molar-refractivity contribution is -0.127. The van der Waals surface area contributed by atoms with Crippen LogP contribution in [-0.4, -0.2) is 24.3 Å². The largest absolute Gasteiger partial charge is 0.481 e. The van der Waals surface area contributed by atoms with Crippen LogP contribution in [0.2, 0.25) is 0 Å². The maximum absolute atomic E-state index is 12.3. The minimum absolute atomic E-state index is 0.0389. The quantitative estimate of drug-likeness (QED) is 0.612. The van der Waals surface area contributed by atoms with E-state index in [0.717, 1.165) is 23.7 Å². The van der Waals surface area contributed by atoms with Gasteiger partial charge in [0.15, 0.2) is 6.10 Å². The monoisotopic (exact) mass is 371 g/mol. The van der Waals surface area contributed by atoms with E-state index in [9.17, 15) is 4.79 Å². The van der Waals surface area contributed by atoms with Gasteiger partial charge in [-0.05, 0) is 43.0 Å². The summed E-state index contributed by atoms with van der Waals surface area (Å²) < 4.78 is 5.84. The predicted molar refractivity (Wildman–Crippen MR) is 111 cm³/mol. The van der Waals surface area contributed by atoms with Crippen LogP contribution in [0.3, 0.4) is 0 Å². The lowest BCUT2D eigenvalue weighted by Gasteiger charge is -2.17. The van der Waals surface area contributed by atoms with Crippen LogP contribution in [0.5, 0.6) is 5.75 Å². The van der Waals surface area contributed by atoms with Gasteiger partial charge >= 0.3 is 0 Å². The molecule has 2 aromatic carbocycles. The fraction of sp³-hybridized carbons (Fsp3) is 0.409. The fourth-order valence-corrected chi connectivity index (χ4v) is 3.34. The molecule has 0 aliphatic rings. The number of hydrogen-bond acceptors (Lipinski definition) is 3. The molecule has 0 saturated heterocycles. The number of carbonyl (C=O) groups is 1. The maximum Gasteiger partial charge on any atom is 0.261 e. The van der Waals surface area contributed by atoms with E-state index >= 15 is 0 Å². The Kier molecular flexibility index (Phi) is 8.56. The second kappa shape index (κ2) is 10.9. The summed E-state index contributed by atoms with van der Waals surface area (Å²) in [6, 6.07) is 16.5. The summed E-state index contributed by atoms with van der Waals surface area (Å²) in [6.45, 7) is 6.84. The summed E-state index contributed by atoms with van der Waals surface area (Å²) in [7, 11) is 0. The number of amides is 1. The van der Waals surface area contributed by atoms with Gasteiger partial charge in [-0.2, -0.15) is 11.8 Å². The Morgan fingerprint density at radius 2 is 1.69 bits per heavy atom. The third kappa shape index (κ3) is 6.75. The maximum atomic E-state index is 12.3. The minimum Gasteiger partial charge on any atom is -0.481 e. The molecular weight excluding hydrogens is 342 g/mol. The smallest absolute Gasteiger partial charge is 0.261 e. The molecule has 0 aliphatic carbocycles. The fourth-order valence-electron chi connectivity index (χ4n) is 2.52. The first-order chi connectivity index (χ1) is 12.6. The summed E-state index contributed by atoms with van der Waals surface area (Å²) in [5, 5.41) is 2.99. The average molecular weight is 372 g/mol. The molecular formula is C22H29NO2S. The van der Waals surface area contributed by atoms with Crippen molar-refractivity contribution in [3.05, 3.63) is 65.2 Å². The number of aryl methyl sites for hydroxylation is 2. The van der Waals surface area contributed by atoms with Crippen LogP contribution in [-0.2, 0) is 17.0 Å². The van der Waals surface area contributed by atoms with Crippen LogP contribution < -0.4 is 10.1 Å². The second-order valence-corrected chi connectivity index (χ2v) is 7.45. The SMILES string of the molecule is CCc1ccc(O[C@H](CC)C(=O)NCCSCc2ccc(C)cc2)cc1. The molecule has 0 radical (unpaired) electrons. The van der Waals surface area contributed by atoms with Crippen LogP contribution >= 0.6 is 11.8 Å². The summed E-state index contributed by atoms with van der Waals surface area (Å²) in [5.74, 6) is 2.57. The van der Waals surface area contributed by atoms with E-state index in [4.69, 9.17) is 4.74 Å². The minimum atomic E-state index is -0.440. The van der Waals surface area contributed by atoms with Crippen molar-refractivity contribution in [2.45, 2.75) is 45.5 Å². The van der Waals surface area contributed by atoms with Crippen LogP contribution in [0.4, 0.5) is 0 Å². The molecule has 1 N–H and O–H groups in total. The normalized spacial score (nSPS) is 11.8. The summed E-state index contributed by atoms with van der Waals surface area (Å²) in [4.78, 5) is 12.3. The third-order valence-electron chi connectivity index (χ3n) is 4.21.